The Morgan fingerprint density at radius 3 is 2.90 bits per heavy atom. The smallest absolute Gasteiger partial charge is 0.409 e. The first-order valence-electron chi connectivity index (χ1n) is 7.42. The molecule has 6 nitrogen and oxygen atoms in total. The van der Waals surface area contributed by atoms with Crippen LogP contribution in [0, 0.1) is 0 Å². The molecule has 1 amide bonds. The second kappa shape index (κ2) is 7.89. The van der Waals surface area contributed by atoms with Crippen LogP contribution in [0.3, 0.4) is 0 Å². The largest absolute Gasteiger partial charge is 0.450 e. The first kappa shape index (κ1) is 14.8. The number of nitrogens with zero attached hydrogens (tertiary/aromatic N) is 3. The molecule has 2 rings (SSSR count). The summed E-state index contributed by atoms with van der Waals surface area (Å²) >= 11 is 0. The number of piperidine rings is 1. The molecule has 0 radical (unpaired) electrons. The number of carbonyl (C=O) groups is 1. The molecule has 0 saturated carbocycles. The molecule has 1 N–H and O–H groups in total. The molecule has 0 unspecified atom stereocenters. The summed E-state index contributed by atoms with van der Waals surface area (Å²) in [6, 6.07) is 2.46. The number of hydrogen-bond donors (Lipinski definition) is 1. The van der Waals surface area contributed by atoms with E-state index in [4.69, 9.17) is 4.74 Å². The minimum Gasteiger partial charge on any atom is -0.450 e. The number of ether oxygens (including phenoxy) is 1. The number of aromatic nitrogens is 2. The second-order valence-corrected chi connectivity index (χ2v) is 5.04. The van der Waals surface area contributed by atoms with Crippen molar-refractivity contribution in [1.82, 2.24) is 20.0 Å². The molecule has 1 saturated heterocycles. The molecule has 0 aromatic carbocycles. The number of hydrogen-bond acceptors (Lipinski definition) is 4. The molecule has 0 atom stereocenters. The highest BCUT2D eigenvalue weighted by molar-refractivity contribution is 5.67. The van der Waals surface area contributed by atoms with Crippen LogP contribution in [-0.2, 0) is 11.3 Å². The van der Waals surface area contributed by atoms with Crippen molar-refractivity contribution in [2.75, 3.05) is 26.2 Å². The molecule has 0 aliphatic carbocycles. The topological polar surface area (TPSA) is 59.4 Å². The lowest BCUT2D eigenvalue weighted by Crippen LogP contribution is -2.45. The van der Waals surface area contributed by atoms with Crippen molar-refractivity contribution in [3.05, 3.63) is 18.5 Å². The van der Waals surface area contributed by atoms with E-state index >= 15 is 0 Å². The van der Waals surface area contributed by atoms with Crippen LogP contribution in [0.2, 0.25) is 0 Å². The fourth-order valence-corrected chi connectivity index (χ4v) is 2.46. The first-order chi connectivity index (χ1) is 9.79. The Bertz CT molecular complexity index is 386. The van der Waals surface area contributed by atoms with Crippen molar-refractivity contribution in [3.8, 4) is 0 Å². The minimum absolute atomic E-state index is 0.176. The van der Waals surface area contributed by atoms with Gasteiger partial charge in [0.1, 0.15) is 0 Å². The summed E-state index contributed by atoms with van der Waals surface area (Å²) in [5, 5.41) is 7.73. The van der Waals surface area contributed by atoms with Crippen LogP contribution >= 0.6 is 0 Å². The summed E-state index contributed by atoms with van der Waals surface area (Å²) in [6.07, 6.45) is 6.68. The molecule has 1 aliphatic heterocycles. The SMILES string of the molecule is CCOC(=O)N1CCC(NCCCn2cccn2)CC1. The lowest BCUT2D eigenvalue weighted by Gasteiger charge is -2.31. The fourth-order valence-electron chi connectivity index (χ4n) is 2.46. The van der Waals surface area contributed by atoms with Gasteiger partial charge in [-0.15, -0.1) is 0 Å². The molecule has 112 valence electrons. The van der Waals surface area contributed by atoms with Gasteiger partial charge in [0, 0.05) is 38.1 Å². The van der Waals surface area contributed by atoms with E-state index in [0.29, 0.717) is 12.6 Å². The minimum atomic E-state index is -0.176. The molecule has 0 spiro atoms. The van der Waals surface area contributed by atoms with Crippen molar-refractivity contribution < 1.29 is 9.53 Å². The Morgan fingerprint density at radius 1 is 1.45 bits per heavy atom. The van der Waals surface area contributed by atoms with Gasteiger partial charge in [-0.25, -0.2) is 4.79 Å². The Hall–Kier alpha value is -1.56. The molecule has 0 bridgehead atoms. The van der Waals surface area contributed by atoms with Gasteiger partial charge in [-0.05, 0) is 38.8 Å². The van der Waals surface area contributed by atoms with Gasteiger partial charge in [0.05, 0.1) is 6.61 Å². The highest BCUT2D eigenvalue weighted by Crippen LogP contribution is 2.11. The van der Waals surface area contributed by atoms with Gasteiger partial charge in [0.2, 0.25) is 0 Å². The zero-order valence-electron chi connectivity index (χ0n) is 12.1. The average Bonchev–Trinajstić information content (AvgIpc) is 2.98. The molecule has 1 aromatic rings. The fraction of sp³-hybridized carbons (Fsp3) is 0.714. The molecular weight excluding hydrogens is 256 g/mol. The quantitative estimate of drug-likeness (QED) is 0.802. The molecule has 6 heteroatoms. The first-order valence-corrected chi connectivity index (χ1v) is 7.42. The van der Waals surface area contributed by atoms with Crippen LogP contribution in [0.25, 0.3) is 0 Å². The molecule has 1 fully saturated rings. The predicted octanol–water partition coefficient (Wildman–Crippen LogP) is 1.48. The van der Waals surface area contributed by atoms with Gasteiger partial charge in [0.25, 0.3) is 0 Å². The predicted molar refractivity (Wildman–Crippen MR) is 76.5 cm³/mol. The number of likely N-dealkylation sites (tertiary alicyclic amines) is 1. The Balaban J connectivity index is 1.56. The number of aryl methyl sites for hydroxylation is 1. The summed E-state index contributed by atoms with van der Waals surface area (Å²) in [5.41, 5.74) is 0. The maximum absolute atomic E-state index is 11.6. The average molecular weight is 280 g/mol. The van der Waals surface area contributed by atoms with Crippen LogP contribution in [0.4, 0.5) is 4.79 Å². The van der Waals surface area contributed by atoms with E-state index in [1.165, 1.54) is 0 Å². The van der Waals surface area contributed by atoms with Crippen LogP contribution in [-0.4, -0.2) is 53.1 Å². The van der Waals surface area contributed by atoms with E-state index in [0.717, 1.165) is 45.4 Å². The standard InChI is InChI=1S/C14H24N4O2/c1-2-20-14(19)17-11-5-13(6-12-17)15-7-3-9-18-10-4-8-16-18/h4,8,10,13,15H,2-3,5-7,9,11-12H2,1H3. The molecule has 1 aliphatic rings. The van der Waals surface area contributed by atoms with Crippen molar-refractivity contribution in [2.45, 2.75) is 38.8 Å². The lowest BCUT2D eigenvalue weighted by molar-refractivity contribution is 0.0951. The van der Waals surface area contributed by atoms with E-state index in [1.807, 2.05) is 23.9 Å². The van der Waals surface area contributed by atoms with Gasteiger partial charge in [0.15, 0.2) is 0 Å². The molecular formula is C14H24N4O2. The van der Waals surface area contributed by atoms with E-state index in [-0.39, 0.29) is 6.09 Å². The summed E-state index contributed by atoms with van der Waals surface area (Å²) < 4.78 is 6.96. The van der Waals surface area contributed by atoms with Gasteiger partial charge in [-0.1, -0.05) is 0 Å². The van der Waals surface area contributed by atoms with Crippen molar-refractivity contribution in [2.24, 2.45) is 0 Å². The van der Waals surface area contributed by atoms with Crippen LogP contribution in [0.5, 0.6) is 0 Å². The number of carbonyl (C=O) groups excluding carboxylic acids is 1. The van der Waals surface area contributed by atoms with E-state index in [9.17, 15) is 4.79 Å². The molecule has 20 heavy (non-hydrogen) atoms. The summed E-state index contributed by atoms with van der Waals surface area (Å²) in [6.45, 7) is 5.80. The summed E-state index contributed by atoms with van der Waals surface area (Å²) in [5.74, 6) is 0. The molecule has 2 heterocycles. The lowest BCUT2D eigenvalue weighted by atomic mass is 10.1. The maximum atomic E-state index is 11.6. The van der Waals surface area contributed by atoms with Gasteiger partial charge in [-0.3, -0.25) is 4.68 Å². The zero-order chi connectivity index (χ0) is 14.2. The normalized spacial score (nSPS) is 16.4. The third-order valence-electron chi connectivity index (χ3n) is 3.58. The third-order valence-corrected chi connectivity index (χ3v) is 3.58. The van der Waals surface area contributed by atoms with Crippen molar-refractivity contribution >= 4 is 6.09 Å². The van der Waals surface area contributed by atoms with Crippen LogP contribution < -0.4 is 5.32 Å². The maximum Gasteiger partial charge on any atom is 0.409 e. The van der Waals surface area contributed by atoms with E-state index < -0.39 is 0 Å². The van der Waals surface area contributed by atoms with Crippen LogP contribution in [0.15, 0.2) is 18.5 Å². The zero-order valence-corrected chi connectivity index (χ0v) is 12.1. The van der Waals surface area contributed by atoms with Gasteiger partial charge < -0.3 is 15.0 Å². The van der Waals surface area contributed by atoms with Gasteiger partial charge in [-0.2, -0.15) is 5.10 Å². The number of nitrogens with one attached hydrogen (secondary N) is 1. The van der Waals surface area contributed by atoms with E-state index in [1.54, 1.807) is 11.1 Å². The number of rotatable bonds is 6. The van der Waals surface area contributed by atoms with Crippen molar-refractivity contribution in [3.63, 3.8) is 0 Å². The Kier molecular flexibility index (Phi) is 5.86. The number of amides is 1. The molecule has 1 aromatic heterocycles. The Labute approximate surface area is 120 Å². The van der Waals surface area contributed by atoms with E-state index in [2.05, 4.69) is 10.4 Å². The highest BCUT2D eigenvalue weighted by Gasteiger charge is 2.22. The summed E-state index contributed by atoms with van der Waals surface area (Å²) in [4.78, 5) is 13.4. The highest BCUT2D eigenvalue weighted by atomic mass is 16.6. The third kappa shape index (κ3) is 4.52. The van der Waals surface area contributed by atoms with Crippen molar-refractivity contribution in [1.29, 1.82) is 0 Å². The monoisotopic (exact) mass is 280 g/mol. The van der Waals surface area contributed by atoms with Gasteiger partial charge >= 0.3 is 6.09 Å². The van der Waals surface area contributed by atoms with Crippen LogP contribution in [0.1, 0.15) is 26.2 Å². The summed E-state index contributed by atoms with van der Waals surface area (Å²) in [7, 11) is 0. The Morgan fingerprint density at radius 2 is 2.25 bits per heavy atom. The second-order valence-electron chi connectivity index (χ2n) is 5.04.